The lowest BCUT2D eigenvalue weighted by molar-refractivity contribution is 0.485. The number of aryl methyl sites for hydroxylation is 1. The molecule has 1 rings (SSSR count). The fourth-order valence-electron chi connectivity index (χ4n) is 0.687. The van der Waals surface area contributed by atoms with Crippen molar-refractivity contribution in [1.82, 2.24) is 0 Å². The van der Waals surface area contributed by atoms with Crippen LogP contribution in [0.2, 0.25) is 0 Å². The van der Waals surface area contributed by atoms with Crippen LogP contribution in [0.3, 0.4) is 0 Å². The van der Waals surface area contributed by atoms with E-state index in [1.165, 1.54) is 6.07 Å². The molecule has 0 aliphatic heterocycles. The summed E-state index contributed by atoms with van der Waals surface area (Å²) in [6.45, 7) is 1.93. The van der Waals surface area contributed by atoms with Crippen molar-refractivity contribution in [2.75, 3.05) is 0 Å². The molecule has 0 saturated heterocycles. The van der Waals surface area contributed by atoms with E-state index in [-0.39, 0.29) is 4.21 Å². The standard InChI is InChI=1S/C6H8O3S2/c1-2-5-3-4-6(10-5)11(7,8)9/h3-4H,2H2,1H3,(H,7,8,9). The van der Waals surface area contributed by atoms with Crippen LogP contribution in [0.15, 0.2) is 16.3 Å². The van der Waals surface area contributed by atoms with Crippen LogP contribution in [0.1, 0.15) is 11.8 Å². The van der Waals surface area contributed by atoms with E-state index >= 15 is 0 Å². The van der Waals surface area contributed by atoms with Crippen molar-refractivity contribution in [3.8, 4) is 0 Å². The highest BCUT2D eigenvalue weighted by Gasteiger charge is 2.11. The first-order valence-corrected chi connectivity index (χ1v) is 5.36. The van der Waals surface area contributed by atoms with Gasteiger partial charge in [-0.05, 0) is 18.6 Å². The van der Waals surface area contributed by atoms with Gasteiger partial charge in [0.2, 0.25) is 0 Å². The monoisotopic (exact) mass is 192 g/mol. The molecule has 1 heterocycles. The first kappa shape index (κ1) is 8.70. The lowest BCUT2D eigenvalue weighted by Gasteiger charge is -1.87. The molecule has 0 unspecified atom stereocenters. The van der Waals surface area contributed by atoms with Gasteiger partial charge in [-0.3, -0.25) is 4.55 Å². The van der Waals surface area contributed by atoms with Crippen molar-refractivity contribution in [2.45, 2.75) is 17.6 Å². The number of rotatable bonds is 2. The molecule has 0 saturated carbocycles. The molecule has 0 fully saturated rings. The van der Waals surface area contributed by atoms with E-state index in [0.717, 1.165) is 22.6 Å². The van der Waals surface area contributed by atoms with E-state index in [0.29, 0.717) is 0 Å². The molecule has 1 aromatic heterocycles. The Labute approximate surface area is 69.4 Å². The summed E-state index contributed by atoms with van der Waals surface area (Å²) in [7, 11) is -3.97. The summed E-state index contributed by atoms with van der Waals surface area (Å²) >= 11 is 1.10. The summed E-state index contributed by atoms with van der Waals surface area (Å²) in [5.74, 6) is 0. The molecule has 5 heteroatoms. The first-order valence-electron chi connectivity index (χ1n) is 3.10. The Kier molecular flexibility index (Phi) is 2.31. The smallest absolute Gasteiger partial charge is 0.281 e. The summed E-state index contributed by atoms with van der Waals surface area (Å²) in [6.07, 6.45) is 0.792. The quantitative estimate of drug-likeness (QED) is 0.723. The van der Waals surface area contributed by atoms with E-state index in [1.54, 1.807) is 6.07 Å². The first-order chi connectivity index (χ1) is 5.04. The summed E-state index contributed by atoms with van der Waals surface area (Å²) < 4.78 is 29.7. The predicted octanol–water partition coefficient (Wildman–Crippen LogP) is 1.56. The topological polar surface area (TPSA) is 54.4 Å². The van der Waals surface area contributed by atoms with Gasteiger partial charge in [-0.2, -0.15) is 8.42 Å². The Bertz CT molecular complexity index is 336. The third-order valence-corrected chi connectivity index (χ3v) is 3.79. The van der Waals surface area contributed by atoms with Gasteiger partial charge in [0.05, 0.1) is 0 Å². The maximum Gasteiger partial charge on any atom is 0.304 e. The van der Waals surface area contributed by atoms with E-state index in [2.05, 4.69) is 0 Å². The van der Waals surface area contributed by atoms with Gasteiger partial charge in [0.15, 0.2) is 0 Å². The molecular weight excluding hydrogens is 184 g/mol. The maximum absolute atomic E-state index is 10.5. The molecule has 3 nitrogen and oxygen atoms in total. The molecule has 62 valence electrons. The SMILES string of the molecule is CCc1ccc(S(=O)(=O)O)s1. The molecule has 1 N–H and O–H groups in total. The second-order valence-corrected chi connectivity index (χ2v) is 4.87. The molecule has 1 aromatic rings. The fraction of sp³-hybridized carbons (Fsp3) is 0.333. The molecular formula is C6H8O3S2. The summed E-state index contributed by atoms with van der Waals surface area (Å²) in [4.78, 5) is 0.956. The van der Waals surface area contributed by atoms with Crippen molar-refractivity contribution in [3.05, 3.63) is 17.0 Å². The zero-order chi connectivity index (χ0) is 8.48. The third-order valence-electron chi connectivity index (χ3n) is 1.24. The Hall–Kier alpha value is -0.390. The minimum Gasteiger partial charge on any atom is -0.281 e. The molecule has 0 radical (unpaired) electrons. The third kappa shape index (κ3) is 2.02. The van der Waals surface area contributed by atoms with E-state index in [9.17, 15) is 8.42 Å². The Balaban J connectivity index is 3.09. The second kappa shape index (κ2) is 2.92. The van der Waals surface area contributed by atoms with E-state index in [1.807, 2.05) is 6.92 Å². The highest BCUT2D eigenvalue weighted by molar-refractivity contribution is 7.88. The van der Waals surface area contributed by atoms with Gasteiger partial charge >= 0.3 is 10.1 Å². The Morgan fingerprint density at radius 1 is 1.55 bits per heavy atom. The minimum atomic E-state index is -3.97. The van der Waals surface area contributed by atoms with Crippen molar-refractivity contribution >= 4 is 21.5 Å². The van der Waals surface area contributed by atoms with Crippen molar-refractivity contribution in [3.63, 3.8) is 0 Å². The van der Waals surface area contributed by atoms with Gasteiger partial charge in [-0.25, -0.2) is 0 Å². The number of thiophene rings is 1. The number of hydrogen-bond donors (Lipinski definition) is 1. The molecule has 0 bridgehead atoms. The van der Waals surface area contributed by atoms with Gasteiger partial charge in [-0.15, -0.1) is 11.3 Å². The largest absolute Gasteiger partial charge is 0.304 e. The molecule has 0 spiro atoms. The van der Waals surface area contributed by atoms with Gasteiger partial charge in [0.1, 0.15) is 4.21 Å². The number of hydrogen-bond acceptors (Lipinski definition) is 3. The molecule has 0 amide bonds. The summed E-state index contributed by atoms with van der Waals surface area (Å²) in [5.41, 5.74) is 0. The van der Waals surface area contributed by atoms with Crippen LogP contribution in [0, 0.1) is 0 Å². The predicted molar refractivity (Wildman–Crippen MR) is 43.5 cm³/mol. The zero-order valence-electron chi connectivity index (χ0n) is 5.94. The highest BCUT2D eigenvalue weighted by Crippen LogP contribution is 2.21. The van der Waals surface area contributed by atoms with Crippen molar-refractivity contribution < 1.29 is 13.0 Å². The minimum absolute atomic E-state index is 0.0225. The lowest BCUT2D eigenvalue weighted by atomic mass is 10.4. The van der Waals surface area contributed by atoms with Gasteiger partial charge in [0, 0.05) is 4.88 Å². The molecule has 0 aliphatic carbocycles. The second-order valence-electron chi connectivity index (χ2n) is 2.05. The van der Waals surface area contributed by atoms with E-state index < -0.39 is 10.1 Å². The zero-order valence-corrected chi connectivity index (χ0v) is 7.58. The van der Waals surface area contributed by atoms with Crippen molar-refractivity contribution in [1.29, 1.82) is 0 Å². The average molecular weight is 192 g/mol. The van der Waals surface area contributed by atoms with Gasteiger partial charge in [0.25, 0.3) is 0 Å². The van der Waals surface area contributed by atoms with Crippen LogP contribution < -0.4 is 0 Å². The average Bonchev–Trinajstić information content (AvgIpc) is 2.32. The van der Waals surface area contributed by atoms with Crippen LogP contribution in [0.4, 0.5) is 0 Å². The van der Waals surface area contributed by atoms with E-state index in [4.69, 9.17) is 4.55 Å². The Morgan fingerprint density at radius 3 is 2.45 bits per heavy atom. The molecule has 0 aromatic carbocycles. The van der Waals surface area contributed by atoms with Crippen LogP contribution in [-0.2, 0) is 16.5 Å². The normalized spacial score (nSPS) is 11.8. The Morgan fingerprint density at radius 2 is 2.18 bits per heavy atom. The molecule has 0 atom stereocenters. The molecule has 11 heavy (non-hydrogen) atoms. The van der Waals surface area contributed by atoms with Crippen LogP contribution in [0.5, 0.6) is 0 Å². The lowest BCUT2D eigenvalue weighted by Crippen LogP contribution is -1.93. The van der Waals surface area contributed by atoms with Gasteiger partial charge in [-0.1, -0.05) is 6.92 Å². The fourth-order valence-corrected chi connectivity index (χ4v) is 2.34. The van der Waals surface area contributed by atoms with Crippen LogP contribution in [0.25, 0.3) is 0 Å². The van der Waals surface area contributed by atoms with Gasteiger partial charge < -0.3 is 0 Å². The van der Waals surface area contributed by atoms with Crippen molar-refractivity contribution in [2.24, 2.45) is 0 Å². The highest BCUT2D eigenvalue weighted by atomic mass is 32.3. The van der Waals surface area contributed by atoms with Crippen LogP contribution >= 0.6 is 11.3 Å². The molecule has 0 aliphatic rings. The summed E-state index contributed by atoms with van der Waals surface area (Å²) in [5, 5.41) is 0. The van der Waals surface area contributed by atoms with Crippen LogP contribution in [-0.4, -0.2) is 13.0 Å². The maximum atomic E-state index is 10.5. The summed E-state index contributed by atoms with van der Waals surface area (Å²) in [6, 6.07) is 3.12.